The Bertz CT molecular complexity index is 174. The molecule has 0 bridgehead atoms. The van der Waals surface area contributed by atoms with Gasteiger partial charge >= 0.3 is 0 Å². The topological polar surface area (TPSA) is 18.5 Å². The second-order valence-electron chi connectivity index (χ2n) is 6.95. The van der Waals surface area contributed by atoms with Gasteiger partial charge in [-0.05, 0) is 12.8 Å². The summed E-state index contributed by atoms with van der Waals surface area (Å²) in [6, 6.07) is 0. The molecule has 0 saturated carbocycles. The Morgan fingerprint density at radius 2 is 0.609 bits per heavy atom. The van der Waals surface area contributed by atoms with E-state index in [1.807, 2.05) is 0 Å². The van der Waals surface area contributed by atoms with Crippen LogP contribution in [-0.2, 0) is 9.78 Å². The van der Waals surface area contributed by atoms with Gasteiger partial charge in [0.05, 0.1) is 13.2 Å². The van der Waals surface area contributed by atoms with Crippen LogP contribution in [0.3, 0.4) is 0 Å². The van der Waals surface area contributed by atoms with Gasteiger partial charge in [-0.3, -0.25) is 0 Å². The highest BCUT2D eigenvalue weighted by molar-refractivity contribution is 4.47. The summed E-state index contributed by atoms with van der Waals surface area (Å²) in [5, 5.41) is 0. The van der Waals surface area contributed by atoms with Gasteiger partial charge in [-0.1, -0.05) is 110 Å². The average Bonchev–Trinajstić information content (AvgIpc) is 2.57. The Morgan fingerprint density at radius 1 is 0.348 bits per heavy atom. The van der Waals surface area contributed by atoms with Crippen molar-refractivity contribution in [3.8, 4) is 0 Å². The predicted octanol–water partition coefficient (Wildman–Crippen LogP) is 7.61. The third-order valence-corrected chi connectivity index (χ3v) is 4.50. The Kier molecular flexibility index (Phi) is 21.8. The minimum Gasteiger partial charge on any atom is -0.237 e. The molecule has 0 fully saturated rings. The highest BCUT2D eigenvalue weighted by Gasteiger charge is 1.95. The lowest BCUT2D eigenvalue weighted by Crippen LogP contribution is -1.99. The molecule has 0 amide bonds. The van der Waals surface area contributed by atoms with Crippen molar-refractivity contribution >= 4 is 0 Å². The largest absolute Gasteiger partial charge is 0.237 e. The Balaban J connectivity index is 2.92. The molecular formula is C21H44O2. The molecule has 0 aromatic carbocycles. The van der Waals surface area contributed by atoms with Crippen molar-refractivity contribution in [3.05, 3.63) is 0 Å². The normalized spacial score (nSPS) is 11.2. The fourth-order valence-corrected chi connectivity index (χ4v) is 2.88. The molecule has 140 valence electrons. The molecule has 0 N–H and O–H groups in total. The van der Waals surface area contributed by atoms with Gasteiger partial charge in [0, 0.05) is 0 Å². The lowest BCUT2D eigenvalue weighted by Gasteiger charge is -2.05. The van der Waals surface area contributed by atoms with Crippen LogP contribution >= 0.6 is 0 Å². The van der Waals surface area contributed by atoms with Crippen LogP contribution in [0.2, 0.25) is 0 Å². The van der Waals surface area contributed by atoms with Gasteiger partial charge in [0.1, 0.15) is 0 Å². The van der Waals surface area contributed by atoms with E-state index >= 15 is 0 Å². The fraction of sp³-hybridized carbons (Fsp3) is 1.00. The van der Waals surface area contributed by atoms with E-state index in [1.54, 1.807) is 0 Å². The zero-order valence-electron chi connectivity index (χ0n) is 16.3. The molecule has 0 radical (unpaired) electrons. The Morgan fingerprint density at radius 3 is 0.913 bits per heavy atom. The van der Waals surface area contributed by atoms with Gasteiger partial charge in [0.2, 0.25) is 0 Å². The molecule has 0 spiro atoms. The van der Waals surface area contributed by atoms with Crippen molar-refractivity contribution in [1.29, 1.82) is 0 Å². The van der Waals surface area contributed by atoms with Gasteiger partial charge in [0.25, 0.3) is 0 Å². The summed E-state index contributed by atoms with van der Waals surface area (Å²) in [6.45, 7) is 6.09. The molecule has 0 saturated heterocycles. The lowest BCUT2D eigenvalue weighted by molar-refractivity contribution is -0.295. The Labute approximate surface area is 146 Å². The van der Waals surface area contributed by atoms with Crippen molar-refractivity contribution in [3.63, 3.8) is 0 Å². The maximum atomic E-state index is 5.25. The Hall–Kier alpha value is -0.0800. The van der Waals surface area contributed by atoms with E-state index in [0.717, 1.165) is 26.1 Å². The SMILES string of the molecule is CCCCCCCCCCCOOCCCCCCCCCC. The van der Waals surface area contributed by atoms with Crippen LogP contribution in [0.15, 0.2) is 0 Å². The molecule has 0 rings (SSSR count). The van der Waals surface area contributed by atoms with Crippen molar-refractivity contribution in [2.45, 2.75) is 123 Å². The summed E-state index contributed by atoms with van der Waals surface area (Å²) in [5.74, 6) is 0. The van der Waals surface area contributed by atoms with E-state index in [1.165, 1.54) is 96.3 Å². The van der Waals surface area contributed by atoms with Crippen LogP contribution in [0, 0.1) is 0 Å². The molecule has 0 aliphatic heterocycles. The molecular weight excluding hydrogens is 284 g/mol. The molecule has 2 heteroatoms. The van der Waals surface area contributed by atoms with E-state index in [-0.39, 0.29) is 0 Å². The summed E-state index contributed by atoms with van der Waals surface area (Å²) in [6.07, 6.45) is 22.9. The van der Waals surface area contributed by atoms with Gasteiger partial charge in [-0.25, -0.2) is 9.78 Å². The minimum atomic E-state index is 0.770. The molecule has 0 aliphatic rings. The summed E-state index contributed by atoms with van der Waals surface area (Å²) >= 11 is 0. The first kappa shape index (κ1) is 22.9. The first-order chi connectivity index (χ1) is 11.4. The summed E-state index contributed by atoms with van der Waals surface area (Å²) in [7, 11) is 0. The fourth-order valence-electron chi connectivity index (χ4n) is 2.88. The lowest BCUT2D eigenvalue weighted by atomic mass is 10.1. The maximum absolute atomic E-state index is 5.25. The van der Waals surface area contributed by atoms with E-state index in [0.29, 0.717) is 0 Å². The van der Waals surface area contributed by atoms with Crippen molar-refractivity contribution in [2.75, 3.05) is 13.2 Å². The maximum Gasteiger partial charge on any atom is 0.0822 e. The summed E-state index contributed by atoms with van der Waals surface area (Å²) < 4.78 is 0. The molecule has 0 heterocycles. The van der Waals surface area contributed by atoms with Gasteiger partial charge in [-0.15, -0.1) is 0 Å². The third kappa shape index (κ3) is 21.9. The monoisotopic (exact) mass is 328 g/mol. The zero-order valence-corrected chi connectivity index (χ0v) is 16.3. The molecule has 0 unspecified atom stereocenters. The number of rotatable bonds is 20. The van der Waals surface area contributed by atoms with Crippen LogP contribution in [0.5, 0.6) is 0 Å². The van der Waals surface area contributed by atoms with Gasteiger partial charge in [-0.2, -0.15) is 0 Å². The van der Waals surface area contributed by atoms with E-state index in [9.17, 15) is 0 Å². The second-order valence-corrected chi connectivity index (χ2v) is 6.95. The van der Waals surface area contributed by atoms with Crippen LogP contribution in [0.4, 0.5) is 0 Å². The van der Waals surface area contributed by atoms with E-state index in [4.69, 9.17) is 9.78 Å². The predicted molar refractivity (Wildman–Crippen MR) is 102 cm³/mol. The molecule has 23 heavy (non-hydrogen) atoms. The minimum absolute atomic E-state index is 0.770. The zero-order chi connectivity index (χ0) is 16.8. The quantitative estimate of drug-likeness (QED) is 0.130. The molecule has 0 aromatic heterocycles. The average molecular weight is 329 g/mol. The van der Waals surface area contributed by atoms with Crippen LogP contribution in [0.1, 0.15) is 123 Å². The van der Waals surface area contributed by atoms with Crippen molar-refractivity contribution in [2.24, 2.45) is 0 Å². The summed E-state index contributed by atoms with van der Waals surface area (Å²) in [4.78, 5) is 10.5. The van der Waals surface area contributed by atoms with Crippen LogP contribution in [0.25, 0.3) is 0 Å². The summed E-state index contributed by atoms with van der Waals surface area (Å²) in [5.41, 5.74) is 0. The van der Waals surface area contributed by atoms with E-state index in [2.05, 4.69) is 13.8 Å². The molecule has 2 nitrogen and oxygen atoms in total. The smallest absolute Gasteiger partial charge is 0.0822 e. The van der Waals surface area contributed by atoms with Gasteiger partial charge < -0.3 is 0 Å². The first-order valence-electron chi connectivity index (χ1n) is 10.7. The standard InChI is InChI=1S/C21H44O2/c1-3-5-7-9-11-13-15-17-19-21-23-22-20-18-16-14-12-10-8-6-4-2/h3-21H2,1-2H3. The number of hydrogen-bond acceptors (Lipinski definition) is 2. The number of hydrogen-bond donors (Lipinski definition) is 0. The van der Waals surface area contributed by atoms with Crippen LogP contribution in [-0.4, -0.2) is 13.2 Å². The van der Waals surface area contributed by atoms with Crippen molar-refractivity contribution in [1.82, 2.24) is 0 Å². The molecule has 0 atom stereocenters. The molecule has 0 aliphatic carbocycles. The first-order valence-corrected chi connectivity index (χ1v) is 10.7. The third-order valence-electron chi connectivity index (χ3n) is 4.50. The van der Waals surface area contributed by atoms with Crippen LogP contribution < -0.4 is 0 Å². The van der Waals surface area contributed by atoms with Gasteiger partial charge in [0.15, 0.2) is 0 Å². The van der Waals surface area contributed by atoms with Crippen molar-refractivity contribution < 1.29 is 9.78 Å². The number of unbranched alkanes of at least 4 members (excludes halogenated alkanes) is 15. The molecule has 0 aromatic rings. The van der Waals surface area contributed by atoms with E-state index < -0.39 is 0 Å². The highest BCUT2D eigenvalue weighted by Crippen LogP contribution is 2.10. The second kappa shape index (κ2) is 21.9. The highest BCUT2D eigenvalue weighted by atomic mass is 17.2.